The average Bonchev–Trinajstić information content (AvgIpc) is 3.46. The van der Waals surface area contributed by atoms with Gasteiger partial charge in [0.25, 0.3) is 0 Å². The van der Waals surface area contributed by atoms with E-state index in [9.17, 15) is 9.18 Å². The van der Waals surface area contributed by atoms with Crippen molar-refractivity contribution in [3.63, 3.8) is 0 Å². The Balaban J connectivity index is 0.00000304. The van der Waals surface area contributed by atoms with Gasteiger partial charge in [-0.1, -0.05) is 32.5 Å². The monoisotopic (exact) mass is 487 g/mol. The molecule has 0 unspecified atom stereocenters. The topological polar surface area (TPSA) is 56.1 Å². The number of amides is 1. The lowest BCUT2D eigenvalue weighted by molar-refractivity contribution is -0.127. The molecule has 1 heterocycles. The lowest BCUT2D eigenvalue weighted by atomic mass is 9.98. The molecule has 3 aromatic carbocycles. The molecule has 0 aliphatic heterocycles. The highest BCUT2D eigenvalue weighted by molar-refractivity contribution is 5.85. The zero-order valence-electron chi connectivity index (χ0n) is 20.5. The second-order valence-electron chi connectivity index (χ2n) is 9.96. The van der Waals surface area contributed by atoms with Gasteiger partial charge in [-0.3, -0.25) is 4.79 Å². The van der Waals surface area contributed by atoms with Gasteiger partial charge in [-0.15, -0.1) is 0 Å². The zero-order chi connectivity index (χ0) is 24.7. The third kappa shape index (κ3) is 4.99. The van der Waals surface area contributed by atoms with Crippen LogP contribution in [0.3, 0.4) is 0 Å². The Labute approximate surface area is 212 Å². The summed E-state index contributed by atoms with van der Waals surface area (Å²) in [5.41, 5.74) is 4.84. The predicted octanol–water partition coefficient (Wildman–Crippen LogP) is 6.84. The molecule has 0 radical (unpaired) electrons. The second-order valence-corrected chi connectivity index (χ2v) is 9.96. The van der Waals surface area contributed by atoms with E-state index < -0.39 is 0 Å². The molecule has 0 spiro atoms. The lowest BCUT2D eigenvalue weighted by Gasteiger charge is -2.28. The van der Waals surface area contributed by atoms with E-state index in [-0.39, 0.29) is 36.7 Å². The number of halogens is 1. The van der Waals surface area contributed by atoms with Gasteiger partial charge in [0, 0.05) is 10.8 Å². The van der Waals surface area contributed by atoms with Crippen LogP contribution in [-0.4, -0.2) is 21.7 Å². The Morgan fingerprint density at radius 3 is 2.44 bits per heavy atom. The Kier molecular flexibility index (Phi) is 6.90. The van der Waals surface area contributed by atoms with Gasteiger partial charge in [-0.25, -0.2) is 9.07 Å². The van der Waals surface area contributed by atoms with Crippen LogP contribution in [0.1, 0.15) is 56.9 Å². The number of hydrogen-bond donors (Lipinski definition) is 1. The number of rotatable bonds is 7. The molecule has 188 valence electrons. The van der Waals surface area contributed by atoms with Gasteiger partial charge in [-0.05, 0) is 92.8 Å². The summed E-state index contributed by atoms with van der Waals surface area (Å²) in [6, 6.07) is 18.1. The van der Waals surface area contributed by atoms with Crippen LogP contribution in [0, 0.1) is 25.1 Å². The van der Waals surface area contributed by atoms with E-state index >= 15 is 0 Å². The number of nitrogens with one attached hydrogen (secondary N) is 1. The van der Waals surface area contributed by atoms with Gasteiger partial charge in [0.2, 0.25) is 5.91 Å². The maximum Gasteiger partial charge on any atom is 0.226 e. The first-order valence-electron chi connectivity index (χ1n) is 12.0. The zero-order valence-corrected chi connectivity index (χ0v) is 20.5. The molecule has 36 heavy (non-hydrogen) atoms. The molecule has 1 aliphatic carbocycles. The maximum absolute atomic E-state index is 13.3. The molecule has 6 heteroatoms. The highest BCUT2D eigenvalue weighted by atomic mass is 19.1. The van der Waals surface area contributed by atoms with E-state index in [1.807, 2.05) is 32.0 Å². The number of carbonyl (C=O) groups excluding carboxylic acids is 1. The molecule has 0 bridgehead atoms. The van der Waals surface area contributed by atoms with Crippen molar-refractivity contribution in [1.82, 2.24) is 15.1 Å². The van der Waals surface area contributed by atoms with Crippen LogP contribution in [-0.2, 0) is 4.79 Å². The van der Waals surface area contributed by atoms with E-state index in [2.05, 4.69) is 42.5 Å². The molecule has 5 nitrogen and oxygen atoms in total. The molecule has 1 aliphatic rings. The fraction of sp³-hybridized carbons (Fsp3) is 0.333. The predicted molar refractivity (Wildman–Crippen MR) is 142 cm³/mol. The van der Waals surface area contributed by atoms with Crippen molar-refractivity contribution in [3.8, 4) is 11.4 Å². The molecular formula is C30H34FN3O2. The minimum atomic E-state index is -0.356. The van der Waals surface area contributed by atoms with Crippen molar-refractivity contribution < 1.29 is 13.9 Å². The number of nitrogens with zero attached hydrogens (tertiary/aromatic N) is 2. The number of benzene rings is 3. The SMILES string of the molecule is C.Cc1ccc([C@@H](Oc2ccc3c(cnn3-c3ccc(F)cc3)c2)[C@H](C)NC(=O)C2(C)CC2)cc1C. The van der Waals surface area contributed by atoms with E-state index in [0.717, 1.165) is 35.0 Å². The van der Waals surface area contributed by atoms with Crippen molar-refractivity contribution in [2.24, 2.45) is 5.41 Å². The van der Waals surface area contributed by atoms with Crippen LogP contribution in [0.25, 0.3) is 16.6 Å². The molecule has 1 amide bonds. The molecule has 5 rings (SSSR count). The Morgan fingerprint density at radius 1 is 1.06 bits per heavy atom. The van der Waals surface area contributed by atoms with Crippen LogP contribution in [0.5, 0.6) is 5.75 Å². The summed E-state index contributed by atoms with van der Waals surface area (Å²) in [6.07, 6.45) is 3.27. The quantitative estimate of drug-likeness (QED) is 0.310. The number of carbonyl (C=O) groups is 1. The summed E-state index contributed by atoms with van der Waals surface area (Å²) in [7, 11) is 0. The number of fused-ring (bicyclic) bond motifs is 1. The van der Waals surface area contributed by atoms with Gasteiger partial charge in [0.1, 0.15) is 17.7 Å². The Morgan fingerprint density at radius 2 is 1.78 bits per heavy atom. The normalized spacial score (nSPS) is 15.6. The van der Waals surface area contributed by atoms with Gasteiger partial charge in [0.15, 0.2) is 0 Å². The van der Waals surface area contributed by atoms with E-state index in [1.165, 1.54) is 23.3 Å². The van der Waals surface area contributed by atoms with Crippen molar-refractivity contribution in [3.05, 3.63) is 89.4 Å². The van der Waals surface area contributed by atoms with Crippen LogP contribution in [0.2, 0.25) is 0 Å². The number of hydrogen-bond acceptors (Lipinski definition) is 3. The standard InChI is InChI=1S/C29H30FN3O2.CH4/c1-18-5-6-21(15-19(18)2)27(20(3)32-28(34)29(4)13-14-29)35-25-11-12-26-22(16-25)17-31-33(26)24-9-7-23(30)8-10-24;/h5-12,15-17,20,27H,13-14H2,1-4H3,(H,32,34);1H4/t20-,27-;/m0./s1. The fourth-order valence-corrected chi connectivity index (χ4v) is 4.29. The summed E-state index contributed by atoms with van der Waals surface area (Å²) in [5.74, 6) is 0.492. The minimum Gasteiger partial charge on any atom is -0.484 e. The second kappa shape index (κ2) is 9.76. The van der Waals surface area contributed by atoms with Gasteiger partial charge < -0.3 is 10.1 Å². The summed E-state index contributed by atoms with van der Waals surface area (Å²) in [5, 5.41) is 8.59. The van der Waals surface area contributed by atoms with Gasteiger partial charge in [-0.2, -0.15) is 5.10 Å². The number of aromatic nitrogens is 2. The minimum absolute atomic E-state index is 0. The van der Waals surface area contributed by atoms with E-state index in [1.54, 1.807) is 23.0 Å². The molecule has 1 fully saturated rings. The van der Waals surface area contributed by atoms with Gasteiger partial charge in [0.05, 0.1) is 23.4 Å². The third-order valence-corrected chi connectivity index (χ3v) is 7.09. The maximum atomic E-state index is 13.3. The average molecular weight is 488 g/mol. The van der Waals surface area contributed by atoms with Crippen LogP contribution < -0.4 is 10.1 Å². The molecule has 1 saturated carbocycles. The highest BCUT2D eigenvalue weighted by Crippen LogP contribution is 2.45. The van der Waals surface area contributed by atoms with Crippen LogP contribution >= 0.6 is 0 Å². The molecule has 0 saturated heterocycles. The van der Waals surface area contributed by atoms with Crippen molar-refractivity contribution in [2.45, 2.75) is 60.1 Å². The summed E-state index contributed by atoms with van der Waals surface area (Å²) >= 11 is 0. The molecular weight excluding hydrogens is 453 g/mol. The van der Waals surface area contributed by atoms with Crippen LogP contribution in [0.15, 0.2) is 66.9 Å². The van der Waals surface area contributed by atoms with Crippen molar-refractivity contribution in [2.75, 3.05) is 0 Å². The van der Waals surface area contributed by atoms with E-state index in [0.29, 0.717) is 5.75 Å². The third-order valence-electron chi connectivity index (χ3n) is 7.09. The Hall–Kier alpha value is -3.67. The van der Waals surface area contributed by atoms with Crippen LogP contribution in [0.4, 0.5) is 4.39 Å². The van der Waals surface area contributed by atoms with Crippen molar-refractivity contribution in [1.29, 1.82) is 0 Å². The smallest absolute Gasteiger partial charge is 0.226 e. The molecule has 2 atom stereocenters. The summed E-state index contributed by atoms with van der Waals surface area (Å²) < 4.78 is 21.6. The molecule has 4 aromatic rings. The first kappa shape index (κ1) is 25.4. The summed E-state index contributed by atoms with van der Waals surface area (Å²) in [6.45, 7) is 8.17. The summed E-state index contributed by atoms with van der Waals surface area (Å²) in [4.78, 5) is 12.8. The number of ether oxygens (including phenoxy) is 1. The number of aryl methyl sites for hydroxylation is 2. The Bertz CT molecular complexity index is 1390. The molecule has 1 N–H and O–H groups in total. The van der Waals surface area contributed by atoms with E-state index in [4.69, 9.17) is 4.74 Å². The lowest BCUT2D eigenvalue weighted by Crippen LogP contribution is -2.42. The fourth-order valence-electron chi connectivity index (χ4n) is 4.29. The molecule has 1 aromatic heterocycles. The highest BCUT2D eigenvalue weighted by Gasteiger charge is 2.45. The first-order valence-corrected chi connectivity index (χ1v) is 12.0. The van der Waals surface area contributed by atoms with Gasteiger partial charge >= 0.3 is 0 Å². The first-order chi connectivity index (χ1) is 16.7. The van der Waals surface area contributed by atoms with Crippen molar-refractivity contribution >= 4 is 16.8 Å². The largest absolute Gasteiger partial charge is 0.484 e.